The van der Waals surface area contributed by atoms with Gasteiger partial charge in [0.15, 0.2) is 0 Å². The van der Waals surface area contributed by atoms with E-state index in [-0.39, 0.29) is 5.91 Å². The van der Waals surface area contributed by atoms with E-state index in [0.717, 1.165) is 63.7 Å². The zero-order valence-electron chi connectivity index (χ0n) is 15.0. The number of amides is 1. The summed E-state index contributed by atoms with van der Waals surface area (Å²) in [6.07, 6.45) is 6.09. The summed E-state index contributed by atoms with van der Waals surface area (Å²) in [7, 11) is 0. The molecule has 1 aromatic heterocycles. The van der Waals surface area contributed by atoms with Crippen molar-refractivity contribution in [2.75, 3.05) is 49.1 Å². The van der Waals surface area contributed by atoms with E-state index in [2.05, 4.69) is 38.0 Å². The predicted molar refractivity (Wildman–Crippen MR) is 102 cm³/mol. The minimum absolute atomic E-state index is 0.259. The van der Waals surface area contributed by atoms with Gasteiger partial charge in [-0.15, -0.1) is 0 Å². The smallest absolute Gasteiger partial charge is 0.227 e. The number of anilines is 2. The van der Waals surface area contributed by atoms with Gasteiger partial charge in [-0.2, -0.15) is 0 Å². The van der Waals surface area contributed by atoms with Crippen LogP contribution in [-0.4, -0.2) is 60.0 Å². The Kier molecular flexibility index (Phi) is 5.11. The van der Waals surface area contributed by atoms with Gasteiger partial charge >= 0.3 is 0 Å². The van der Waals surface area contributed by atoms with Crippen molar-refractivity contribution in [3.8, 4) is 0 Å². The summed E-state index contributed by atoms with van der Waals surface area (Å²) in [6.45, 7) is 5.77. The maximum Gasteiger partial charge on any atom is 0.227 e. The van der Waals surface area contributed by atoms with Gasteiger partial charge in [-0.3, -0.25) is 9.69 Å². The van der Waals surface area contributed by atoms with E-state index in [0.29, 0.717) is 6.42 Å². The number of aryl methyl sites for hydroxylation is 1. The molecule has 0 N–H and O–H groups in total. The van der Waals surface area contributed by atoms with Crippen LogP contribution in [0.4, 0.5) is 11.6 Å². The van der Waals surface area contributed by atoms with Gasteiger partial charge in [0.1, 0.15) is 0 Å². The van der Waals surface area contributed by atoms with Crippen molar-refractivity contribution in [1.29, 1.82) is 0 Å². The third-order valence-electron chi connectivity index (χ3n) is 5.26. The lowest BCUT2D eigenvalue weighted by Gasteiger charge is -2.35. The highest BCUT2D eigenvalue weighted by atomic mass is 16.2. The van der Waals surface area contributed by atoms with Crippen LogP contribution in [0, 0.1) is 0 Å². The third kappa shape index (κ3) is 3.70. The number of hydrogen-bond acceptors (Lipinski definition) is 5. The molecule has 2 aliphatic rings. The third-order valence-corrected chi connectivity index (χ3v) is 5.26. The summed E-state index contributed by atoms with van der Waals surface area (Å²) in [5, 5.41) is 0. The summed E-state index contributed by atoms with van der Waals surface area (Å²) in [4.78, 5) is 27.7. The van der Waals surface area contributed by atoms with Gasteiger partial charge in [-0.1, -0.05) is 18.2 Å². The number of benzene rings is 1. The summed E-state index contributed by atoms with van der Waals surface area (Å²) >= 11 is 0. The average molecular weight is 351 g/mol. The van der Waals surface area contributed by atoms with Crippen LogP contribution < -0.4 is 9.80 Å². The lowest BCUT2D eigenvalue weighted by atomic mass is 10.0. The number of fused-ring (bicyclic) bond motifs is 1. The quantitative estimate of drug-likeness (QED) is 0.824. The van der Waals surface area contributed by atoms with Crippen molar-refractivity contribution in [3.63, 3.8) is 0 Å². The molecule has 0 atom stereocenters. The van der Waals surface area contributed by atoms with Gasteiger partial charge < -0.3 is 9.80 Å². The van der Waals surface area contributed by atoms with Gasteiger partial charge in [-0.05, 0) is 37.1 Å². The van der Waals surface area contributed by atoms with Crippen molar-refractivity contribution in [3.05, 3.63) is 48.3 Å². The topological polar surface area (TPSA) is 52.6 Å². The Balaban J connectivity index is 1.26. The zero-order chi connectivity index (χ0) is 17.8. The van der Waals surface area contributed by atoms with E-state index >= 15 is 0 Å². The van der Waals surface area contributed by atoms with Crippen molar-refractivity contribution in [1.82, 2.24) is 14.9 Å². The normalized spacial score (nSPS) is 18.1. The number of aromatic nitrogens is 2. The van der Waals surface area contributed by atoms with Crippen LogP contribution in [0.3, 0.4) is 0 Å². The second-order valence-corrected chi connectivity index (χ2v) is 6.91. The van der Waals surface area contributed by atoms with Gasteiger partial charge in [0.25, 0.3) is 0 Å². The highest BCUT2D eigenvalue weighted by Gasteiger charge is 2.24. The van der Waals surface area contributed by atoms with Crippen LogP contribution in [0.1, 0.15) is 18.4 Å². The van der Waals surface area contributed by atoms with Crippen LogP contribution in [0.15, 0.2) is 42.7 Å². The molecule has 0 unspecified atom stereocenters. The molecule has 1 aromatic carbocycles. The molecule has 0 radical (unpaired) electrons. The predicted octanol–water partition coefficient (Wildman–Crippen LogP) is 1.97. The number of rotatable bonds is 5. The summed E-state index contributed by atoms with van der Waals surface area (Å²) < 4.78 is 0. The molecule has 4 rings (SSSR count). The molecule has 26 heavy (non-hydrogen) atoms. The number of hydrogen-bond donors (Lipinski definition) is 0. The average Bonchev–Trinajstić information content (AvgIpc) is 2.71. The second kappa shape index (κ2) is 7.83. The molecule has 2 aromatic rings. The highest BCUT2D eigenvalue weighted by Crippen LogP contribution is 2.27. The fourth-order valence-corrected chi connectivity index (χ4v) is 3.82. The molecule has 1 fully saturated rings. The van der Waals surface area contributed by atoms with Gasteiger partial charge in [0.2, 0.25) is 11.9 Å². The minimum Gasteiger partial charge on any atom is -0.338 e. The first-order valence-electron chi connectivity index (χ1n) is 9.44. The van der Waals surface area contributed by atoms with Crippen LogP contribution in [0.5, 0.6) is 0 Å². The molecule has 1 saturated heterocycles. The van der Waals surface area contributed by atoms with E-state index in [4.69, 9.17) is 0 Å². The van der Waals surface area contributed by atoms with E-state index in [1.54, 1.807) is 12.4 Å². The van der Waals surface area contributed by atoms with E-state index in [1.807, 2.05) is 17.0 Å². The first kappa shape index (κ1) is 17.0. The fourth-order valence-electron chi connectivity index (χ4n) is 3.82. The maximum absolute atomic E-state index is 12.3. The second-order valence-electron chi connectivity index (χ2n) is 6.91. The first-order valence-corrected chi connectivity index (χ1v) is 9.44. The van der Waals surface area contributed by atoms with Crippen LogP contribution in [0.2, 0.25) is 0 Å². The molecule has 6 heteroatoms. The Morgan fingerprint density at radius 2 is 1.65 bits per heavy atom. The molecule has 0 saturated carbocycles. The summed E-state index contributed by atoms with van der Waals surface area (Å²) in [5.74, 6) is 1.08. The molecular formula is C20H25N5O. The Morgan fingerprint density at radius 3 is 2.46 bits per heavy atom. The monoisotopic (exact) mass is 351 g/mol. The lowest BCUT2D eigenvalue weighted by molar-refractivity contribution is -0.118. The molecule has 2 aliphatic heterocycles. The van der Waals surface area contributed by atoms with Gasteiger partial charge in [-0.25, -0.2) is 9.97 Å². The van der Waals surface area contributed by atoms with Crippen molar-refractivity contribution in [2.24, 2.45) is 0 Å². The summed E-state index contributed by atoms with van der Waals surface area (Å²) in [5.41, 5.74) is 2.40. The maximum atomic E-state index is 12.3. The number of nitrogens with zero attached hydrogens (tertiary/aromatic N) is 5. The van der Waals surface area contributed by atoms with Crippen molar-refractivity contribution in [2.45, 2.75) is 19.3 Å². The van der Waals surface area contributed by atoms with E-state index in [9.17, 15) is 4.79 Å². The minimum atomic E-state index is 0.259. The molecule has 3 heterocycles. The summed E-state index contributed by atoms with van der Waals surface area (Å²) in [6, 6.07) is 10.1. The molecule has 0 spiro atoms. The zero-order valence-corrected chi connectivity index (χ0v) is 15.0. The van der Waals surface area contributed by atoms with Crippen molar-refractivity contribution < 1.29 is 4.79 Å². The van der Waals surface area contributed by atoms with Crippen LogP contribution >= 0.6 is 0 Å². The van der Waals surface area contributed by atoms with Crippen molar-refractivity contribution >= 4 is 17.5 Å². The molecule has 0 aliphatic carbocycles. The fraction of sp³-hybridized carbons (Fsp3) is 0.450. The van der Waals surface area contributed by atoms with Crippen LogP contribution in [0.25, 0.3) is 0 Å². The Morgan fingerprint density at radius 1 is 0.885 bits per heavy atom. The molecule has 0 bridgehead atoms. The van der Waals surface area contributed by atoms with E-state index < -0.39 is 0 Å². The standard InChI is InChI=1S/C20H25N5O/c26-19-8-7-17-5-1-2-6-18(17)25(19)12-4-11-23-13-15-24(16-14-23)20-21-9-3-10-22-20/h1-3,5-6,9-10H,4,7-8,11-16H2. The SMILES string of the molecule is O=C1CCc2ccccc2N1CCCN1CCN(c2ncccn2)CC1. The number of para-hydroxylation sites is 1. The Labute approximate surface area is 154 Å². The molecule has 6 nitrogen and oxygen atoms in total. The number of carbonyl (C=O) groups is 1. The largest absolute Gasteiger partial charge is 0.338 e. The van der Waals surface area contributed by atoms with Gasteiger partial charge in [0.05, 0.1) is 0 Å². The number of carbonyl (C=O) groups excluding carboxylic acids is 1. The first-order chi connectivity index (χ1) is 12.8. The van der Waals surface area contributed by atoms with Crippen LogP contribution in [-0.2, 0) is 11.2 Å². The number of piperazine rings is 1. The lowest BCUT2D eigenvalue weighted by Crippen LogP contribution is -2.47. The molecular weight excluding hydrogens is 326 g/mol. The van der Waals surface area contributed by atoms with Gasteiger partial charge in [0, 0.05) is 57.2 Å². The Bertz CT molecular complexity index is 743. The Hall–Kier alpha value is -2.47. The molecule has 1 amide bonds. The molecule has 136 valence electrons. The van der Waals surface area contributed by atoms with E-state index in [1.165, 1.54) is 5.56 Å². The highest BCUT2D eigenvalue weighted by molar-refractivity contribution is 5.96.